The van der Waals surface area contributed by atoms with Gasteiger partial charge in [0.25, 0.3) is 0 Å². The minimum absolute atomic E-state index is 0.541. The van der Waals surface area contributed by atoms with Crippen LogP contribution in [0.3, 0.4) is 0 Å². The molecule has 1 aliphatic heterocycles. The van der Waals surface area contributed by atoms with E-state index in [0.717, 1.165) is 30.6 Å². The van der Waals surface area contributed by atoms with Gasteiger partial charge in [0, 0.05) is 0 Å². The van der Waals surface area contributed by atoms with E-state index in [4.69, 9.17) is 0 Å². The third-order valence-corrected chi connectivity index (χ3v) is 3.76. The fourth-order valence-corrected chi connectivity index (χ4v) is 2.68. The summed E-state index contributed by atoms with van der Waals surface area (Å²) in [5.74, 6) is 0.541. The van der Waals surface area contributed by atoms with Gasteiger partial charge in [-0.25, -0.2) is 4.39 Å². The number of hydrogen-bond acceptors (Lipinski definition) is 1. The maximum atomic E-state index is 14.3. The zero-order valence-electron chi connectivity index (χ0n) is 10.6. The van der Waals surface area contributed by atoms with Gasteiger partial charge in [0.15, 0.2) is 0 Å². The molecule has 1 nitrogen and oxygen atoms in total. The predicted molar refractivity (Wildman–Crippen MR) is 69.9 cm³/mol. The smallest absolute Gasteiger partial charge is 0.126 e. The first-order valence-electron chi connectivity index (χ1n) is 6.67. The molecule has 2 unspecified atom stereocenters. The Hall–Kier alpha value is -0.890. The number of halogens is 1. The van der Waals surface area contributed by atoms with Crippen molar-refractivity contribution in [3.8, 4) is 0 Å². The number of nitrogens with one attached hydrogen (secondary N) is 1. The van der Waals surface area contributed by atoms with Crippen LogP contribution in [0.5, 0.6) is 0 Å². The van der Waals surface area contributed by atoms with E-state index in [-0.39, 0.29) is 0 Å². The molecule has 1 heterocycles. The first-order chi connectivity index (χ1) is 8.27. The highest BCUT2D eigenvalue weighted by Crippen LogP contribution is 2.31. The van der Waals surface area contributed by atoms with Crippen LogP contribution < -0.4 is 5.32 Å². The molecule has 1 aromatic rings. The lowest BCUT2D eigenvalue weighted by atomic mass is 9.90. The molecule has 0 aliphatic carbocycles. The summed E-state index contributed by atoms with van der Waals surface area (Å²) in [4.78, 5) is 0. The third kappa shape index (κ3) is 3.53. The Kier molecular flexibility index (Phi) is 4.55. The summed E-state index contributed by atoms with van der Waals surface area (Å²) in [5, 5.41) is 3.38. The third-order valence-electron chi connectivity index (χ3n) is 3.76. The van der Waals surface area contributed by atoms with Gasteiger partial charge < -0.3 is 5.32 Å². The molecule has 0 spiro atoms. The second kappa shape index (κ2) is 6.15. The van der Waals surface area contributed by atoms with Crippen LogP contribution >= 0.6 is 0 Å². The van der Waals surface area contributed by atoms with Crippen molar-refractivity contribution in [2.24, 2.45) is 5.92 Å². The number of rotatable bonds is 3. The van der Waals surface area contributed by atoms with E-state index in [1.807, 2.05) is 31.2 Å². The van der Waals surface area contributed by atoms with Crippen molar-refractivity contribution in [3.05, 3.63) is 35.4 Å². The summed E-state index contributed by atoms with van der Waals surface area (Å²) in [7, 11) is 0. The molecule has 1 saturated heterocycles. The lowest BCUT2D eigenvalue weighted by molar-refractivity contribution is 0.260. The highest BCUT2D eigenvalue weighted by molar-refractivity contribution is 5.27. The van der Waals surface area contributed by atoms with Gasteiger partial charge in [-0.05, 0) is 62.7 Å². The van der Waals surface area contributed by atoms with E-state index in [1.165, 1.54) is 12.8 Å². The molecule has 1 fully saturated rings. The van der Waals surface area contributed by atoms with E-state index >= 15 is 0 Å². The average Bonchev–Trinajstić information content (AvgIpc) is 2.58. The monoisotopic (exact) mass is 235 g/mol. The van der Waals surface area contributed by atoms with Gasteiger partial charge in [0.05, 0.1) is 0 Å². The van der Waals surface area contributed by atoms with Crippen molar-refractivity contribution in [2.75, 3.05) is 13.1 Å². The van der Waals surface area contributed by atoms with E-state index in [1.54, 1.807) is 0 Å². The van der Waals surface area contributed by atoms with Gasteiger partial charge in [-0.2, -0.15) is 0 Å². The predicted octanol–water partition coefficient (Wildman–Crippen LogP) is 3.79. The fraction of sp³-hybridized carbons (Fsp3) is 0.600. The Bertz CT molecular complexity index is 343. The maximum Gasteiger partial charge on any atom is 0.126 e. The molecule has 94 valence electrons. The van der Waals surface area contributed by atoms with E-state index in [2.05, 4.69) is 5.32 Å². The molecule has 0 aromatic heterocycles. The van der Waals surface area contributed by atoms with Crippen LogP contribution in [0.4, 0.5) is 4.39 Å². The molecule has 1 N–H and O–H groups in total. The number of alkyl halides is 1. The van der Waals surface area contributed by atoms with Crippen LogP contribution in [0.15, 0.2) is 24.3 Å². The standard InChI is InChI=1S/C15H22FN/c1-12-5-2-3-7-14(12)15(16)11-13-6-4-9-17-10-8-13/h2-3,5,7,13,15,17H,4,6,8-11H2,1H3. The normalized spacial score (nSPS) is 23.1. The minimum atomic E-state index is -0.792. The number of aryl methyl sites for hydroxylation is 1. The molecule has 17 heavy (non-hydrogen) atoms. The fourth-order valence-electron chi connectivity index (χ4n) is 2.68. The molecule has 0 amide bonds. The second-order valence-electron chi connectivity index (χ2n) is 5.11. The highest BCUT2D eigenvalue weighted by Gasteiger charge is 2.19. The van der Waals surface area contributed by atoms with Crippen LogP contribution in [-0.2, 0) is 0 Å². The minimum Gasteiger partial charge on any atom is -0.317 e. The molecular formula is C15H22FN. The van der Waals surface area contributed by atoms with Crippen molar-refractivity contribution >= 4 is 0 Å². The van der Waals surface area contributed by atoms with Gasteiger partial charge in [-0.1, -0.05) is 24.3 Å². The largest absolute Gasteiger partial charge is 0.317 e. The van der Waals surface area contributed by atoms with Gasteiger partial charge in [0.2, 0.25) is 0 Å². The zero-order valence-corrected chi connectivity index (χ0v) is 10.6. The SMILES string of the molecule is Cc1ccccc1C(F)CC1CCCNCC1. The molecular weight excluding hydrogens is 213 g/mol. The van der Waals surface area contributed by atoms with Gasteiger partial charge in [-0.15, -0.1) is 0 Å². The molecule has 1 aromatic carbocycles. The summed E-state index contributed by atoms with van der Waals surface area (Å²) in [5.41, 5.74) is 1.96. The summed E-state index contributed by atoms with van der Waals surface area (Å²) in [6.07, 6.45) is 3.36. The lowest BCUT2D eigenvalue weighted by Crippen LogP contribution is -2.14. The van der Waals surface area contributed by atoms with Gasteiger partial charge >= 0.3 is 0 Å². The Morgan fingerprint density at radius 2 is 2.12 bits per heavy atom. The Labute approximate surface area is 103 Å². The number of hydrogen-bond donors (Lipinski definition) is 1. The Morgan fingerprint density at radius 3 is 2.94 bits per heavy atom. The van der Waals surface area contributed by atoms with Crippen LogP contribution in [0.25, 0.3) is 0 Å². The van der Waals surface area contributed by atoms with Gasteiger partial charge in [0.1, 0.15) is 6.17 Å². The second-order valence-corrected chi connectivity index (χ2v) is 5.11. The lowest BCUT2D eigenvalue weighted by Gasteiger charge is -2.18. The van der Waals surface area contributed by atoms with Gasteiger partial charge in [-0.3, -0.25) is 0 Å². The van der Waals surface area contributed by atoms with Crippen molar-refractivity contribution in [1.29, 1.82) is 0 Å². The van der Waals surface area contributed by atoms with E-state index in [9.17, 15) is 4.39 Å². The molecule has 2 atom stereocenters. The van der Waals surface area contributed by atoms with Crippen molar-refractivity contribution < 1.29 is 4.39 Å². The molecule has 0 saturated carbocycles. The van der Waals surface area contributed by atoms with Crippen LogP contribution in [0.1, 0.15) is 43.0 Å². The topological polar surface area (TPSA) is 12.0 Å². The zero-order chi connectivity index (χ0) is 12.1. The van der Waals surface area contributed by atoms with Crippen LogP contribution in [0, 0.1) is 12.8 Å². The first kappa shape index (κ1) is 12.6. The number of benzene rings is 1. The Balaban J connectivity index is 1.96. The summed E-state index contributed by atoms with van der Waals surface area (Å²) < 4.78 is 14.3. The van der Waals surface area contributed by atoms with Crippen LogP contribution in [0.2, 0.25) is 0 Å². The summed E-state index contributed by atoms with van der Waals surface area (Å²) in [6, 6.07) is 7.83. The molecule has 2 heteroatoms. The van der Waals surface area contributed by atoms with E-state index < -0.39 is 6.17 Å². The quantitative estimate of drug-likeness (QED) is 0.840. The van der Waals surface area contributed by atoms with Crippen LogP contribution in [-0.4, -0.2) is 13.1 Å². The summed E-state index contributed by atoms with van der Waals surface area (Å²) >= 11 is 0. The summed E-state index contributed by atoms with van der Waals surface area (Å²) in [6.45, 7) is 4.14. The Morgan fingerprint density at radius 1 is 1.29 bits per heavy atom. The molecule has 0 radical (unpaired) electrons. The highest BCUT2D eigenvalue weighted by atomic mass is 19.1. The molecule has 0 bridgehead atoms. The van der Waals surface area contributed by atoms with Crippen molar-refractivity contribution in [2.45, 2.75) is 38.8 Å². The first-order valence-corrected chi connectivity index (χ1v) is 6.67. The van der Waals surface area contributed by atoms with Crippen molar-refractivity contribution in [3.63, 3.8) is 0 Å². The van der Waals surface area contributed by atoms with Crippen molar-refractivity contribution in [1.82, 2.24) is 5.32 Å². The van der Waals surface area contributed by atoms with E-state index in [0.29, 0.717) is 12.3 Å². The maximum absolute atomic E-state index is 14.3. The molecule has 1 aliphatic rings. The molecule has 2 rings (SSSR count). The average molecular weight is 235 g/mol.